The molecule has 0 saturated heterocycles. The number of rotatable bonds is 5. The highest BCUT2D eigenvalue weighted by Gasteiger charge is 2.35. The third kappa shape index (κ3) is 4.81. The highest BCUT2D eigenvalue weighted by atomic mass is 19.4. The van der Waals surface area contributed by atoms with Gasteiger partial charge in [-0.15, -0.1) is 0 Å². The van der Waals surface area contributed by atoms with Gasteiger partial charge in [-0.25, -0.2) is 8.78 Å². The summed E-state index contributed by atoms with van der Waals surface area (Å²) < 4.78 is 73.9. The lowest BCUT2D eigenvalue weighted by Crippen LogP contribution is -2.26. The molecular weight excluding hydrogens is 469 g/mol. The molecule has 0 N–H and O–H groups in total. The summed E-state index contributed by atoms with van der Waals surface area (Å²) in [5, 5.41) is 7.87. The fourth-order valence-electron chi connectivity index (χ4n) is 4.89. The Bertz CT molecular complexity index is 1340. The number of hydrogen-bond donors (Lipinski definition) is 0. The minimum atomic E-state index is -4.39. The van der Waals surface area contributed by atoms with Crippen LogP contribution in [0.5, 0.6) is 0 Å². The second-order valence-corrected chi connectivity index (χ2v) is 9.33. The molecule has 0 aromatic carbocycles. The van der Waals surface area contributed by atoms with Gasteiger partial charge in [0.25, 0.3) is 0 Å². The molecule has 1 saturated carbocycles. The molecular formula is C24H24F5N5O. The van der Waals surface area contributed by atoms with Crippen molar-refractivity contribution in [1.82, 2.24) is 24.5 Å². The van der Waals surface area contributed by atoms with E-state index in [2.05, 4.69) is 15.2 Å². The Morgan fingerprint density at radius 2 is 1.83 bits per heavy atom. The molecule has 4 aromatic rings. The molecule has 1 aliphatic rings. The zero-order chi connectivity index (χ0) is 25.0. The Hall–Kier alpha value is -3.24. The molecule has 0 atom stereocenters. The van der Waals surface area contributed by atoms with Crippen LogP contribution in [0.15, 0.2) is 35.4 Å². The Balaban J connectivity index is 1.56. The van der Waals surface area contributed by atoms with Crippen LogP contribution in [0.3, 0.4) is 0 Å². The summed E-state index contributed by atoms with van der Waals surface area (Å²) in [7, 11) is 0. The van der Waals surface area contributed by atoms with Crippen molar-refractivity contribution in [3.63, 3.8) is 0 Å². The smallest absolute Gasteiger partial charge is 0.361 e. The fourth-order valence-corrected chi connectivity index (χ4v) is 4.89. The van der Waals surface area contributed by atoms with Gasteiger partial charge in [0.15, 0.2) is 0 Å². The molecule has 0 unspecified atom stereocenters. The minimum Gasteiger partial charge on any atom is -0.361 e. The fraction of sp³-hybridized carbons (Fsp3) is 0.458. The van der Waals surface area contributed by atoms with Crippen molar-refractivity contribution >= 4 is 11.0 Å². The van der Waals surface area contributed by atoms with E-state index in [1.807, 2.05) is 23.8 Å². The SMILES string of the molecule is Cc1noc(C)c1-c1cnc2c(-c3cnn(CC(F)(F)F)c3)cn(CC3CCC(F)(F)CC3)c2c1. The highest BCUT2D eigenvalue weighted by Crippen LogP contribution is 2.39. The van der Waals surface area contributed by atoms with Gasteiger partial charge < -0.3 is 9.09 Å². The Morgan fingerprint density at radius 3 is 2.49 bits per heavy atom. The summed E-state index contributed by atoms with van der Waals surface area (Å²) in [6.45, 7) is 2.96. The average molecular weight is 493 g/mol. The molecule has 0 bridgehead atoms. The van der Waals surface area contributed by atoms with Crippen LogP contribution < -0.4 is 0 Å². The highest BCUT2D eigenvalue weighted by molar-refractivity contribution is 5.94. The second kappa shape index (κ2) is 8.46. The van der Waals surface area contributed by atoms with Crippen molar-refractivity contribution in [2.75, 3.05) is 0 Å². The first kappa shape index (κ1) is 23.5. The van der Waals surface area contributed by atoms with Gasteiger partial charge in [0, 0.05) is 60.2 Å². The zero-order valence-corrected chi connectivity index (χ0v) is 19.2. The molecule has 0 radical (unpaired) electrons. The van der Waals surface area contributed by atoms with Crippen molar-refractivity contribution in [2.24, 2.45) is 5.92 Å². The van der Waals surface area contributed by atoms with E-state index in [9.17, 15) is 22.0 Å². The van der Waals surface area contributed by atoms with Crippen LogP contribution in [-0.2, 0) is 13.1 Å². The van der Waals surface area contributed by atoms with Crippen molar-refractivity contribution in [1.29, 1.82) is 0 Å². The van der Waals surface area contributed by atoms with E-state index in [1.54, 1.807) is 13.1 Å². The predicted octanol–water partition coefficient (Wildman–Crippen LogP) is 6.56. The van der Waals surface area contributed by atoms with E-state index in [1.165, 1.54) is 12.4 Å². The van der Waals surface area contributed by atoms with Crippen molar-refractivity contribution in [3.8, 4) is 22.3 Å². The number of halogens is 5. The van der Waals surface area contributed by atoms with Gasteiger partial charge >= 0.3 is 6.18 Å². The first-order chi connectivity index (χ1) is 16.5. The first-order valence-corrected chi connectivity index (χ1v) is 11.4. The lowest BCUT2D eigenvalue weighted by atomic mass is 9.87. The first-order valence-electron chi connectivity index (χ1n) is 11.4. The van der Waals surface area contributed by atoms with Crippen LogP contribution in [0.1, 0.15) is 37.1 Å². The van der Waals surface area contributed by atoms with Gasteiger partial charge in [-0.2, -0.15) is 18.3 Å². The quantitative estimate of drug-likeness (QED) is 0.296. The van der Waals surface area contributed by atoms with Crippen molar-refractivity contribution in [3.05, 3.63) is 42.3 Å². The Labute approximate surface area is 197 Å². The summed E-state index contributed by atoms with van der Waals surface area (Å²) in [4.78, 5) is 4.65. The molecule has 0 amide bonds. The number of aromatic nitrogens is 5. The summed E-state index contributed by atoms with van der Waals surface area (Å²) in [6.07, 6.45) is 2.38. The number of fused-ring (bicyclic) bond motifs is 1. The molecule has 1 aliphatic carbocycles. The van der Waals surface area contributed by atoms with Crippen molar-refractivity contribution < 1.29 is 26.5 Å². The molecule has 4 heterocycles. The lowest BCUT2D eigenvalue weighted by molar-refractivity contribution is -0.142. The Morgan fingerprint density at radius 1 is 1.09 bits per heavy atom. The summed E-state index contributed by atoms with van der Waals surface area (Å²) in [5.41, 5.74) is 4.84. The van der Waals surface area contributed by atoms with Crippen LogP contribution in [0.4, 0.5) is 22.0 Å². The predicted molar refractivity (Wildman–Crippen MR) is 119 cm³/mol. The summed E-state index contributed by atoms with van der Waals surface area (Å²) in [6, 6.07) is 1.94. The normalized spacial score (nSPS) is 16.9. The minimum absolute atomic E-state index is 0.0637. The van der Waals surface area contributed by atoms with Gasteiger partial charge in [-0.3, -0.25) is 9.67 Å². The molecule has 5 rings (SSSR count). The lowest BCUT2D eigenvalue weighted by Gasteiger charge is -2.28. The maximum Gasteiger partial charge on any atom is 0.408 e. The zero-order valence-electron chi connectivity index (χ0n) is 19.2. The number of nitrogens with zero attached hydrogens (tertiary/aromatic N) is 5. The second-order valence-electron chi connectivity index (χ2n) is 9.33. The number of hydrogen-bond acceptors (Lipinski definition) is 4. The number of alkyl halides is 5. The van der Waals surface area contributed by atoms with E-state index in [-0.39, 0.29) is 18.8 Å². The van der Waals surface area contributed by atoms with Gasteiger partial charge in [-0.1, -0.05) is 5.16 Å². The molecule has 4 aromatic heterocycles. The number of pyridine rings is 1. The maximum absolute atomic E-state index is 13.7. The largest absolute Gasteiger partial charge is 0.408 e. The topological polar surface area (TPSA) is 61.7 Å². The van der Waals surface area contributed by atoms with E-state index in [4.69, 9.17) is 4.52 Å². The standard InChI is InChI=1S/C24H24F5N5O/c1-14-21(15(2)35-32-14)17-7-20-22(30-8-17)19(18-9-31-34(11-18)13-24(27,28)29)12-33(20)10-16-3-5-23(25,26)6-4-16/h7-9,11-12,16H,3-6,10,13H2,1-2H3. The molecule has 1 fully saturated rings. The van der Waals surface area contributed by atoms with Crippen LogP contribution in [0, 0.1) is 19.8 Å². The summed E-state index contributed by atoms with van der Waals surface area (Å²) in [5.74, 6) is -1.91. The van der Waals surface area contributed by atoms with Gasteiger partial charge in [0.05, 0.1) is 22.9 Å². The van der Waals surface area contributed by atoms with Crippen molar-refractivity contribution in [2.45, 2.75) is 64.7 Å². The molecule has 35 heavy (non-hydrogen) atoms. The van der Waals surface area contributed by atoms with Gasteiger partial charge in [0.1, 0.15) is 12.3 Å². The monoisotopic (exact) mass is 493 g/mol. The number of aryl methyl sites for hydroxylation is 2. The van der Waals surface area contributed by atoms with Gasteiger partial charge in [0.2, 0.25) is 5.92 Å². The Kier molecular flexibility index (Phi) is 5.68. The van der Waals surface area contributed by atoms with E-state index in [0.29, 0.717) is 47.5 Å². The third-order valence-corrected chi connectivity index (χ3v) is 6.62. The maximum atomic E-state index is 13.7. The van der Waals surface area contributed by atoms with Crippen LogP contribution in [0.2, 0.25) is 0 Å². The molecule has 11 heteroatoms. The third-order valence-electron chi connectivity index (χ3n) is 6.62. The van der Waals surface area contributed by atoms with Crippen LogP contribution in [-0.4, -0.2) is 36.6 Å². The van der Waals surface area contributed by atoms with E-state index < -0.39 is 18.6 Å². The average Bonchev–Trinajstić information content (AvgIpc) is 3.46. The molecule has 0 aliphatic heterocycles. The van der Waals surface area contributed by atoms with Crippen LogP contribution >= 0.6 is 0 Å². The van der Waals surface area contributed by atoms with E-state index in [0.717, 1.165) is 21.3 Å². The van der Waals surface area contributed by atoms with Gasteiger partial charge in [-0.05, 0) is 38.7 Å². The summed E-state index contributed by atoms with van der Waals surface area (Å²) >= 11 is 0. The molecule has 186 valence electrons. The van der Waals surface area contributed by atoms with Crippen LogP contribution in [0.25, 0.3) is 33.3 Å². The molecule has 0 spiro atoms. The van der Waals surface area contributed by atoms with E-state index >= 15 is 0 Å². The molecule has 6 nitrogen and oxygen atoms in total.